The molecule has 5 nitrogen and oxygen atoms in total. The van der Waals surface area contributed by atoms with Gasteiger partial charge in [0.15, 0.2) is 0 Å². The number of hydrogen-bond donors (Lipinski definition) is 1. The molecule has 0 aliphatic rings. The first-order valence-electron chi connectivity index (χ1n) is 6.01. The van der Waals surface area contributed by atoms with E-state index in [2.05, 4.69) is 10.3 Å². The summed E-state index contributed by atoms with van der Waals surface area (Å²) in [4.78, 5) is 15.4. The lowest BCUT2D eigenvalue weighted by atomic mass is 10.2. The molecular formula is C13H15F2N3O2. The van der Waals surface area contributed by atoms with Crippen molar-refractivity contribution in [3.8, 4) is 0 Å². The van der Waals surface area contributed by atoms with Crippen molar-refractivity contribution in [2.45, 2.75) is 32.8 Å². The summed E-state index contributed by atoms with van der Waals surface area (Å²) in [7, 11) is 0. The van der Waals surface area contributed by atoms with E-state index in [-0.39, 0.29) is 5.69 Å². The first kappa shape index (κ1) is 14.2. The molecule has 2 aromatic rings. The number of nitrogens with one attached hydrogen (secondary N) is 1. The molecule has 0 saturated carbocycles. The molecule has 7 heteroatoms. The Balaban J connectivity index is 2.17. The normalized spacial score (nSPS) is 11.9. The summed E-state index contributed by atoms with van der Waals surface area (Å²) < 4.78 is 31.6. The van der Waals surface area contributed by atoms with Crippen molar-refractivity contribution in [3.63, 3.8) is 0 Å². The second kappa shape index (κ2) is 5.07. The summed E-state index contributed by atoms with van der Waals surface area (Å²) in [5.74, 6) is 0. The Bertz CT molecular complexity index is 632. The van der Waals surface area contributed by atoms with Gasteiger partial charge in [-0.3, -0.25) is 5.32 Å². The van der Waals surface area contributed by atoms with E-state index in [1.807, 2.05) is 0 Å². The quantitative estimate of drug-likeness (QED) is 0.915. The summed E-state index contributed by atoms with van der Waals surface area (Å²) in [5.41, 5.74) is -0.0918. The lowest BCUT2D eigenvalue weighted by molar-refractivity contribution is 0.0636. The third kappa shape index (κ3) is 3.43. The van der Waals surface area contributed by atoms with E-state index in [9.17, 15) is 13.6 Å². The second-order valence-corrected chi connectivity index (χ2v) is 5.28. The van der Waals surface area contributed by atoms with Crippen LogP contribution >= 0.6 is 0 Å². The number of amides is 1. The zero-order chi connectivity index (χ0) is 14.9. The van der Waals surface area contributed by atoms with E-state index < -0.39 is 18.1 Å². The summed E-state index contributed by atoms with van der Waals surface area (Å²) in [6.45, 7) is 5.25. The lowest BCUT2D eigenvalue weighted by Crippen LogP contribution is -2.27. The predicted molar refractivity (Wildman–Crippen MR) is 70.0 cm³/mol. The van der Waals surface area contributed by atoms with E-state index in [1.54, 1.807) is 32.9 Å². The Morgan fingerprint density at radius 2 is 2.05 bits per heavy atom. The predicted octanol–water partition coefficient (Wildman–Crippen LogP) is 3.62. The number of fused-ring (bicyclic) bond motifs is 1. The molecule has 2 aromatic heterocycles. The molecule has 0 saturated heterocycles. The van der Waals surface area contributed by atoms with Gasteiger partial charge in [-0.2, -0.15) is 0 Å². The Morgan fingerprint density at radius 3 is 2.65 bits per heavy atom. The molecule has 0 bridgehead atoms. The Hall–Kier alpha value is -2.18. The number of imidazole rings is 1. The number of ether oxygens (including phenoxy) is 1. The highest BCUT2D eigenvalue weighted by Gasteiger charge is 2.17. The minimum absolute atomic E-state index is 0.306. The third-order valence-electron chi connectivity index (χ3n) is 2.34. The molecule has 1 N–H and O–H groups in total. The van der Waals surface area contributed by atoms with Crippen LogP contribution in [0.3, 0.4) is 0 Å². The molecular weight excluding hydrogens is 268 g/mol. The van der Waals surface area contributed by atoms with Crippen LogP contribution in [0.5, 0.6) is 0 Å². The number of aromatic nitrogens is 2. The van der Waals surface area contributed by atoms with Crippen LogP contribution < -0.4 is 5.32 Å². The molecule has 0 radical (unpaired) electrons. The molecule has 0 unspecified atom stereocenters. The number of rotatable bonds is 2. The van der Waals surface area contributed by atoms with Crippen molar-refractivity contribution in [1.29, 1.82) is 0 Å². The number of pyridine rings is 1. The van der Waals surface area contributed by atoms with Crippen LogP contribution in [0.2, 0.25) is 0 Å². The second-order valence-electron chi connectivity index (χ2n) is 5.28. The average Bonchev–Trinajstić information content (AvgIpc) is 2.69. The van der Waals surface area contributed by atoms with Gasteiger partial charge in [-0.15, -0.1) is 0 Å². The van der Waals surface area contributed by atoms with E-state index in [0.717, 1.165) is 0 Å². The van der Waals surface area contributed by atoms with Crippen LogP contribution in [0.4, 0.5) is 19.3 Å². The molecule has 0 fully saturated rings. The fourth-order valence-corrected chi connectivity index (χ4v) is 1.61. The monoisotopic (exact) mass is 283 g/mol. The highest BCUT2D eigenvalue weighted by Crippen LogP contribution is 2.20. The van der Waals surface area contributed by atoms with E-state index in [0.29, 0.717) is 11.3 Å². The van der Waals surface area contributed by atoms with Crippen molar-refractivity contribution in [3.05, 3.63) is 30.2 Å². The topological polar surface area (TPSA) is 55.6 Å². The smallest absolute Gasteiger partial charge is 0.412 e. The van der Waals surface area contributed by atoms with Crippen LogP contribution in [0.15, 0.2) is 24.5 Å². The Kier molecular flexibility index (Phi) is 3.61. The van der Waals surface area contributed by atoms with Crippen molar-refractivity contribution in [1.82, 2.24) is 9.38 Å². The van der Waals surface area contributed by atoms with Gasteiger partial charge in [0.05, 0.1) is 5.69 Å². The lowest BCUT2D eigenvalue weighted by Gasteiger charge is -2.19. The van der Waals surface area contributed by atoms with Gasteiger partial charge in [-0.05, 0) is 32.9 Å². The molecule has 0 aliphatic carbocycles. The molecule has 0 spiro atoms. The fourth-order valence-electron chi connectivity index (χ4n) is 1.61. The first-order valence-corrected chi connectivity index (χ1v) is 6.01. The van der Waals surface area contributed by atoms with Crippen molar-refractivity contribution >= 4 is 17.4 Å². The molecule has 108 valence electrons. The van der Waals surface area contributed by atoms with Crippen LogP contribution in [-0.2, 0) is 4.74 Å². The summed E-state index contributed by atoms with van der Waals surface area (Å²) in [6, 6.07) is 3.11. The number of carbonyl (C=O) groups excluding carboxylic acids is 1. The van der Waals surface area contributed by atoms with Gasteiger partial charge in [0.1, 0.15) is 16.9 Å². The zero-order valence-electron chi connectivity index (χ0n) is 11.4. The highest BCUT2D eigenvalue weighted by atomic mass is 19.3. The zero-order valence-corrected chi connectivity index (χ0v) is 11.4. The molecule has 0 atom stereocenters. The highest BCUT2D eigenvalue weighted by molar-refractivity contribution is 5.84. The Morgan fingerprint density at radius 1 is 1.35 bits per heavy atom. The molecule has 20 heavy (non-hydrogen) atoms. The van der Waals surface area contributed by atoms with Gasteiger partial charge >= 0.3 is 6.09 Å². The van der Waals surface area contributed by atoms with Gasteiger partial charge < -0.3 is 9.14 Å². The number of nitrogens with zero attached hydrogens (tertiary/aromatic N) is 2. The molecule has 0 aromatic carbocycles. The largest absolute Gasteiger partial charge is 0.444 e. The maximum Gasteiger partial charge on any atom is 0.412 e. The van der Waals surface area contributed by atoms with Gasteiger partial charge in [-0.25, -0.2) is 18.6 Å². The summed E-state index contributed by atoms with van der Waals surface area (Å²) in [5, 5.41) is 2.53. The van der Waals surface area contributed by atoms with Crippen LogP contribution in [0, 0.1) is 0 Å². The van der Waals surface area contributed by atoms with Crippen molar-refractivity contribution in [2.75, 3.05) is 5.32 Å². The van der Waals surface area contributed by atoms with Gasteiger partial charge in [0.2, 0.25) is 0 Å². The number of alkyl halides is 2. The minimum atomic E-state index is -2.63. The maximum atomic E-state index is 12.5. The maximum absolute atomic E-state index is 12.5. The van der Waals surface area contributed by atoms with E-state index in [1.165, 1.54) is 16.8 Å². The Labute approximate surface area is 114 Å². The van der Waals surface area contributed by atoms with Crippen molar-refractivity contribution in [2.24, 2.45) is 0 Å². The molecule has 2 rings (SSSR count). The number of halogens is 2. The van der Waals surface area contributed by atoms with E-state index >= 15 is 0 Å². The number of carbonyl (C=O) groups is 1. The first-order chi connectivity index (χ1) is 9.24. The van der Waals surface area contributed by atoms with Crippen LogP contribution in [0.25, 0.3) is 5.65 Å². The minimum Gasteiger partial charge on any atom is -0.444 e. The fraction of sp³-hybridized carbons (Fsp3) is 0.385. The number of hydrogen-bond acceptors (Lipinski definition) is 3. The molecule has 1 amide bonds. The van der Waals surface area contributed by atoms with Crippen LogP contribution in [0.1, 0.15) is 32.9 Å². The number of anilines is 1. The SMILES string of the molecule is CC(C)(C)OC(=O)Nc1ccc2nc(C(F)F)cn2c1. The summed E-state index contributed by atoms with van der Waals surface area (Å²) >= 11 is 0. The van der Waals surface area contributed by atoms with Crippen LogP contribution in [-0.4, -0.2) is 21.1 Å². The van der Waals surface area contributed by atoms with Crippen molar-refractivity contribution < 1.29 is 18.3 Å². The van der Waals surface area contributed by atoms with Gasteiger partial charge in [-0.1, -0.05) is 0 Å². The third-order valence-corrected chi connectivity index (χ3v) is 2.34. The average molecular weight is 283 g/mol. The van der Waals surface area contributed by atoms with Gasteiger partial charge in [0, 0.05) is 12.4 Å². The van der Waals surface area contributed by atoms with Gasteiger partial charge in [0.25, 0.3) is 6.43 Å². The standard InChI is InChI=1S/C13H15F2N3O2/c1-13(2,3)20-12(19)16-8-4-5-10-17-9(11(14)15)7-18(10)6-8/h4-7,11H,1-3H3,(H,16,19). The molecule has 0 aliphatic heterocycles. The van der Waals surface area contributed by atoms with E-state index in [4.69, 9.17) is 4.74 Å². The summed E-state index contributed by atoms with van der Waals surface area (Å²) in [6.07, 6.45) is -0.512. The molecule has 2 heterocycles.